The highest BCUT2D eigenvalue weighted by Gasteiger charge is 2.20. The molecule has 0 spiro atoms. The lowest BCUT2D eigenvalue weighted by Gasteiger charge is -2.02. The standard InChI is InChI=1S/C7H7BrN2O3/c1-4-3-5(8)6(13-2)7(9-4)10(11)12/h3H,1-2H3. The lowest BCUT2D eigenvalue weighted by atomic mass is 10.3. The Bertz CT molecular complexity index is 354. The largest absolute Gasteiger partial charge is 0.488 e. The van der Waals surface area contributed by atoms with Crippen molar-refractivity contribution in [3.05, 3.63) is 26.3 Å². The number of rotatable bonds is 2. The first-order valence-corrected chi connectivity index (χ1v) is 4.21. The van der Waals surface area contributed by atoms with E-state index in [9.17, 15) is 10.1 Å². The molecule has 0 saturated heterocycles. The molecule has 0 atom stereocenters. The fourth-order valence-corrected chi connectivity index (χ4v) is 1.59. The van der Waals surface area contributed by atoms with Crippen LogP contribution in [0.1, 0.15) is 5.69 Å². The van der Waals surface area contributed by atoms with Crippen LogP contribution in [0.2, 0.25) is 0 Å². The van der Waals surface area contributed by atoms with Crippen LogP contribution in [0.25, 0.3) is 0 Å². The van der Waals surface area contributed by atoms with E-state index < -0.39 is 4.92 Å². The van der Waals surface area contributed by atoms with Gasteiger partial charge in [0, 0.05) is 13.0 Å². The van der Waals surface area contributed by atoms with Gasteiger partial charge in [-0.1, -0.05) is 0 Å². The Morgan fingerprint density at radius 3 is 2.77 bits per heavy atom. The van der Waals surface area contributed by atoms with Crippen LogP contribution < -0.4 is 4.74 Å². The van der Waals surface area contributed by atoms with E-state index in [4.69, 9.17) is 4.74 Å². The molecule has 5 nitrogen and oxygen atoms in total. The SMILES string of the molecule is COc1c(Br)cc(C)nc1[N+](=O)[O-]. The van der Waals surface area contributed by atoms with Crippen LogP contribution in [0.15, 0.2) is 10.5 Å². The number of nitro groups is 1. The van der Waals surface area contributed by atoms with Crippen molar-refractivity contribution in [1.82, 2.24) is 4.98 Å². The molecule has 0 aliphatic carbocycles. The van der Waals surface area contributed by atoms with E-state index in [0.29, 0.717) is 10.2 Å². The summed E-state index contributed by atoms with van der Waals surface area (Å²) in [7, 11) is 1.37. The first-order valence-electron chi connectivity index (χ1n) is 3.41. The summed E-state index contributed by atoms with van der Waals surface area (Å²) in [5.74, 6) is -0.120. The van der Waals surface area contributed by atoms with Crippen molar-refractivity contribution < 1.29 is 9.66 Å². The number of aromatic nitrogens is 1. The summed E-state index contributed by atoms with van der Waals surface area (Å²) in [6, 6.07) is 1.66. The molecule has 0 fully saturated rings. The van der Waals surface area contributed by atoms with Gasteiger partial charge in [-0.3, -0.25) is 0 Å². The molecule has 70 valence electrons. The number of nitrogens with zero attached hydrogens (tertiary/aromatic N) is 2. The summed E-state index contributed by atoms with van der Waals surface area (Å²) in [4.78, 5) is 13.7. The molecule has 1 rings (SSSR count). The number of methoxy groups -OCH3 is 1. The average molecular weight is 247 g/mol. The lowest BCUT2D eigenvalue weighted by molar-refractivity contribution is -0.390. The molecular weight excluding hydrogens is 240 g/mol. The zero-order valence-electron chi connectivity index (χ0n) is 7.07. The van der Waals surface area contributed by atoms with Crippen LogP contribution >= 0.6 is 15.9 Å². The van der Waals surface area contributed by atoms with E-state index >= 15 is 0 Å². The van der Waals surface area contributed by atoms with Gasteiger partial charge < -0.3 is 14.9 Å². The molecule has 0 aliphatic heterocycles. The molecule has 0 aliphatic rings. The third-order valence-electron chi connectivity index (χ3n) is 1.41. The van der Waals surface area contributed by atoms with E-state index in [-0.39, 0.29) is 11.6 Å². The number of pyridine rings is 1. The summed E-state index contributed by atoms with van der Waals surface area (Å²) in [6.45, 7) is 1.68. The molecule has 6 heteroatoms. The molecule has 0 N–H and O–H groups in total. The van der Waals surface area contributed by atoms with E-state index in [1.54, 1.807) is 13.0 Å². The Morgan fingerprint density at radius 2 is 2.31 bits per heavy atom. The Balaban J connectivity index is 3.38. The summed E-state index contributed by atoms with van der Waals surface area (Å²) in [6.07, 6.45) is 0. The van der Waals surface area contributed by atoms with Crippen LogP contribution in [0.5, 0.6) is 5.75 Å². The van der Waals surface area contributed by atoms with Crippen molar-refractivity contribution >= 4 is 21.7 Å². The molecule has 13 heavy (non-hydrogen) atoms. The van der Waals surface area contributed by atoms with Crippen molar-refractivity contribution in [3.63, 3.8) is 0 Å². The van der Waals surface area contributed by atoms with Gasteiger partial charge in [-0.25, -0.2) is 0 Å². The Morgan fingerprint density at radius 1 is 1.69 bits per heavy atom. The van der Waals surface area contributed by atoms with Gasteiger partial charge in [0.15, 0.2) is 5.69 Å². The molecule has 1 aromatic heterocycles. The number of hydrogen-bond acceptors (Lipinski definition) is 4. The minimum atomic E-state index is -0.573. The average Bonchev–Trinajstić information content (AvgIpc) is 2.02. The van der Waals surface area contributed by atoms with Gasteiger partial charge in [0.25, 0.3) is 0 Å². The predicted octanol–water partition coefficient (Wildman–Crippen LogP) is 2.07. The van der Waals surface area contributed by atoms with Crippen LogP contribution in [0.4, 0.5) is 5.82 Å². The summed E-state index contributed by atoms with van der Waals surface area (Å²) in [5.41, 5.74) is 0.569. The highest BCUT2D eigenvalue weighted by molar-refractivity contribution is 9.10. The monoisotopic (exact) mass is 246 g/mol. The summed E-state index contributed by atoms with van der Waals surface area (Å²) in [5, 5.41) is 10.5. The van der Waals surface area contributed by atoms with Crippen molar-refractivity contribution in [3.8, 4) is 5.75 Å². The molecule has 0 saturated carbocycles. The maximum atomic E-state index is 10.5. The fraction of sp³-hybridized carbons (Fsp3) is 0.286. The minimum Gasteiger partial charge on any atom is -0.488 e. The van der Waals surface area contributed by atoms with Crippen LogP contribution in [0.3, 0.4) is 0 Å². The van der Waals surface area contributed by atoms with Gasteiger partial charge in [-0.2, -0.15) is 0 Å². The summed E-state index contributed by atoms with van der Waals surface area (Å²) >= 11 is 3.16. The van der Waals surface area contributed by atoms with Crippen LogP contribution in [-0.2, 0) is 0 Å². The van der Waals surface area contributed by atoms with E-state index in [1.165, 1.54) is 7.11 Å². The fourth-order valence-electron chi connectivity index (χ4n) is 0.918. The first-order chi connectivity index (χ1) is 6.06. The van der Waals surface area contributed by atoms with Gasteiger partial charge in [0.1, 0.15) is 0 Å². The van der Waals surface area contributed by atoms with Crippen molar-refractivity contribution in [2.75, 3.05) is 7.11 Å². The van der Waals surface area contributed by atoms with Gasteiger partial charge in [0.05, 0.1) is 11.6 Å². The van der Waals surface area contributed by atoms with Crippen molar-refractivity contribution in [2.45, 2.75) is 6.92 Å². The maximum Gasteiger partial charge on any atom is 0.407 e. The molecular formula is C7H7BrN2O3. The van der Waals surface area contributed by atoms with Crippen LogP contribution in [-0.4, -0.2) is 17.0 Å². The molecule has 1 aromatic rings. The van der Waals surface area contributed by atoms with E-state index in [0.717, 1.165) is 0 Å². The molecule has 0 aromatic carbocycles. The predicted molar refractivity (Wildman–Crippen MR) is 49.9 cm³/mol. The Kier molecular flexibility index (Phi) is 2.82. The second-order valence-electron chi connectivity index (χ2n) is 2.36. The molecule has 0 unspecified atom stereocenters. The third-order valence-corrected chi connectivity index (χ3v) is 2.00. The van der Waals surface area contributed by atoms with Gasteiger partial charge in [-0.15, -0.1) is 0 Å². The zero-order valence-corrected chi connectivity index (χ0v) is 8.66. The number of halogens is 1. The van der Waals surface area contributed by atoms with Gasteiger partial charge >= 0.3 is 5.82 Å². The van der Waals surface area contributed by atoms with Crippen molar-refractivity contribution in [1.29, 1.82) is 0 Å². The van der Waals surface area contributed by atoms with Crippen LogP contribution in [0, 0.1) is 17.0 Å². The van der Waals surface area contributed by atoms with Gasteiger partial charge in [-0.05, 0) is 25.8 Å². The molecule has 1 heterocycles. The first kappa shape index (κ1) is 9.91. The van der Waals surface area contributed by atoms with Crippen molar-refractivity contribution in [2.24, 2.45) is 0 Å². The maximum absolute atomic E-state index is 10.5. The summed E-state index contributed by atoms with van der Waals surface area (Å²) < 4.78 is 5.38. The Labute approximate surface area is 83.0 Å². The second-order valence-corrected chi connectivity index (χ2v) is 3.21. The topological polar surface area (TPSA) is 65.3 Å². The number of hydrogen-bond donors (Lipinski definition) is 0. The highest BCUT2D eigenvalue weighted by atomic mass is 79.9. The Hall–Kier alpha value is -1.17. The minimum absolute atomic E-state index is 0.149. The molecule has 0 radical (unpaired) electrons. The quantitative estimate of drug-likeness (QED) is 0.592. The number of ether oxygens (including phenoxy) is 1. The molecule has 0 amide bonds. The molecule has 0 bridgehead atoms. The lowest BCUT2D eigenvalue weighted by Crippen LogP contribution is -1.98. The van der Waals surface area contributed by atoms with E-state index in [2.05, 4.69) is 20.9 Å². The zero-order chi connectivity index (χ0) is 10.0. The number of aryl methyl sites for hydroxylation is 1. The smallest absolute Gasteiger partial charge is 0.407 e. The second kappa shape index (κ2) is 3.69. The van der Waals surface area contributed by atoms with Gasteiger partial charge in [0.2, 0.25) is 5.75 Å². The normalized spacial score (nSPS) is 9.77. The third kappa shape index (κ3) is 1.95. The highest BCUT2D eigenvalue weighted by Crippen LogP contribution is 2.33. The van der Waals surface area contributed by atoms with E-state index in [1.807, 2.05) is 0 Å².